The normalized spacial score (nSPS) is 11.6. The Morgan fingerprint density at radius 2 is 1.77 bits per heavy atom. The van der Waals surface area contributed by atoms with Gasteiger partial charge in [0.05, 0.1) is 11.3 Å². The van der Waals surface area contributed by atoms with Crippen molar-refractivity contribution in [1.29, 1.82) is 0 Å². The van der Waals surface area contributed by atoms with Crippen LogP contribution in [0.4, 0.5) is 11.4 Å². The van der Waals surface area contributed by atoms with E-state index in [0.717, 1.165) is 6.07 Å². The van der Waals surface area contributed by atoms with Crippen molar-refractivity contribution in [3.63, 3.8) is 0 Å². The van der Waals surface area contributed by atoms with Crippen LogP contribution in [0.1, 0.15) is 29.8 Å². The van der Waals surface area contributed by atoms with Crippen LogP contribution in [0.25, 0.3) is 0 Å². The van der Waals surface area contributed by atoms with Crippen molar-refractivity contribution in [2.45, 2.75) is 26.3 Å². The van der Waals surface area contributed by atoms with Crippen LogP contribution in [-0.2, 0) is 16.0 Å². The molecular weight excluding hydrogens is 412 g/mol. The first-order chi connectivity index (χ1) is 14.1. The van der Waals surface area contributed by atoms with Gasteiger partial charge in [-0.2, -0.15) is 0 Å². The Balaban J connectivity index is 2.12. The zero-order valence-electron chi connectivity index (χ0n) is 16.3. The Labute approximate surface area is 177 Å². The lowest BCUT2D eigenvalue weighted by Gasteiger charge is -2.22. The second-order valence-electron chi connectivity index (χ2n) is 6.95. The quantitative estimate of drug-likeness (QED) is 0.433. The lowest BCUT2D eigenvalue weighted by atomic mass is 10.0. The summed E-state index contributed by atoms with van der Waals surface area (Å²) in [4.78, 5) is 46.5. The molecule has 30 heavy (non-hydrogen) atoms. The number of nitro groups is 1. The fourth-order valence-corrected chi connectivity index (χ4v) is 2.87. The zero-order chi connectivity index (χ0) is 22.4. The van der Waals surface area contributed by atoms with Gasteiger partial charge in [-0.05, 0) is 35.7 Å². The largest absolute Gasteiger partial charge is 0.369 e. The number of nitrogens with zero attached hydrogens (tertiary/aromatic N) is 1. The minimum Gasteiger partial charge on any atom is -0.369 e. The summed E-state index contributed by atoms with van der Waals surface area (Å²) in [6.07, 6.45) is 0.0894. The van der Waals surface area contributed by atoms with Crippen LogP contribution < -0.4 is 16.4 Å². The van der Waals surface area contributed by atoms with Gasteiger partial charge in [0.1, 0.15) is 11.1 Å². The van der Waals surface area contributed by atoms with Gasteiger partial charge in [-0.15, -0.1) is 0 Å². The van der Waals surface area contributed by atoms with Crippen molar-refractivity contribution in [2.75, 3.05) is 5.32 Å². The molecule has 0 aliphatic heterocycles. The van der Waals surface area contributed by atoms with E-state index in [9.17, 15) is 24.5 Å². The van der Waals surface area contributed by atoms with Crippen molar-refractivity contribution in [3.8, 4) is 0 Å². The number of nitrogens with two attached hydrogens (primary N) is 1. The van der Waals surface area contributed by atoms with E-state index in [1.54, 1.807) is 38.1 Å². The van der Waals surface area contributed by atoms with E-state index < -0.39 is 34.4 Å². The van der Waals surface area contributed by atoms with Gasteiger partial charge in [-0.1, -0.05) is 37.6 Å². The van der Waals surface area contributed by atoms with E-state index in [2.05, 4.69) is 10.6 Å². The third-order valence-corrected chi connectivity index (χ3v) is 4.56. The number of amides is 3. The highest BCUT2D eigenvalue weighted by atomic mass is 35.5. The Kier molecular flexibility index (Phi) is 7.48. The Morgan fingerprint density at radius 3 is 2.30 bits per heavy atom. The van der Waals surface area contributed by atoms with Crippen molar-refractivity contribution in [2.24, 2.45) is 11.7 Å². The first kappa shape index (κ1) is 22.8. The van der Waals surface area contributed by atoms with Gasteiger partial charge in [0.2, 0.25) is 11.8 Å². The number of hydrogen-bond donors (Lipinski definition) is 3. The lowest BCUT2D eigenvalue weighted by molar-refractivity contribution is -0.384. The number of nitro benzene ring substituents is 1. The molecule has 1 unspecified atom stereocenters. The molecule has 0 spiro atoms. The molecule has 9 nitrogen and oxygen atoms in total. The maximum atomic E-state index is 12.7. The summed E-state index contributed by atoms with van der Waals surface area (Å²) >= 11 is 5.77. The molecule has 0 saturated carbocycles. The molecule has 0 heterocycles. The number of rotatable bonds is 8. The maximum absolute atomic E-state index is 12.7. The summed E-state index contributed by atoms with van der Waals surface area (Å²) in [5.41, 5.74) is 5.96. The first-order valence-electron chi connectivity index (χ1n) is 9.01. The molecule has 0 saturated heterocycles. The van der Waals surface area contributed by atoms with Crippen LogP contribution in [0.15, 0.2) is 42.5 Å². The molecule has 0 bridgehead atoms. The molecule has 2 aromatic carbocycles. The number of carbonyl (C=O) groups is 3. The lowest BCUT2D eigenvalue weighted by Crippen LogP contribution is -2.47. The minimum absolute atomic E-state index is 0.0142. The Bertz CT molecular complexity index is 976. The fraction of sp³-hybridized carbons (Fsp3) is 0.250. The van der Waals surface area contributed by atoms with Gasteiger partial charge >= 0.3 is 0 Å². The molecule has 2 aromatic rings. The average molecular weight is 433 g/mol. The van der Waals surface area contributed by atoms with Crippen molar-refractivity contribution in [3.05, 3.63) is 68.7 Å². The van der Waals surface area contributed by atoms with E-state index in [0.29, 0.717) is 11.3 Å². The van der Waals surface area contributed by atoms with Crippen LogP contribution in [0, 0.1) is 16.0 Å². The SMILES string of the molecule is CC(C)C(NC(=O)c1ccc(Cl)c([N+](=O)[O-])c1)C(=O)Nc1ccc(CC(N)=O)cc1. The van der Waals surface area contributed by atoms with Gasteiger partial charge < -0.3 is 16.4 Å². The predicted molar refractivity (Wildman–Crippen MR) is 112 cm³/mol. The molecule has 2 rings (SSSR count). The van der Waals surface area contributed by atoms with E-state index >= 15 is 0 Å². The predicted octanol–water partition coefficient (Wildman–Crippen LogP) is 2.67. The van der Waals surface area contributed by atoms with Crippen molar-refractivity contribution >= 4 is 40.7 Å². The number of hydrogen-bond acceptors (Lipinski definition) is 5. The fourth-order valence-electron chi connectivity index (χ4n) is 2.68. The topological polar surface area (TPSA) is 144 Å². The summed E-state index contributed by atoms with van der Waals surface area (Å²) in [7, 11) is 0. The summed E-state index contributed by atoms with van der Waals surface area (Å²) in [6, 6.07) is 9.34. The number of halogens is 1. The average Bonchev–Trinajstić information content (AvgIpc) is 2.66. The third-order valence-electron chi connectivity index (χ3n) is 4.24. The van der Waals surface area contributed by atoms with Crippen molar-refractivity contribution in [1.82, 2.24) is 5.32 Å². The molecule has 0 aromatic heterocycles. The van der Waals surface area contributed by atoms with Gasteiger partial charge in [-0.3, -0.25) is 24.5 Å². The standard InChI is InChI=1S/C20H21ClN4O5/c1-11(2)18(20(28)23-14-6-3-12(4-7-14)9-17(22)26)24-19(27)13-5-8-15(21)16(10-13)25(29)30/h3-8,10-11,18H,9H2,1-2H3,(H2,22,26)(H,23,28)(H,24,27). The zero-order valence-corrected chi connectivity index (χ0v) is 17.1. The highest BCUT2D eigenvalue weighted by Crippen LogP contribution is 2.25. The number of primary amides is 1. The van der Waals surface area contributed by atoms with E-state index in [1.807, 2.05) is 0 Å². The van der Waals surface area contributed by atoms with Crippen LogP contribution in [0.2, 0.25) is 5.02 Å². The van der Waals surface area contributed by atoms with Gasteiger partial charge in [0.25, 0.3) is 11.6 Å². The van der Waals surface area contributed by atoms with Crippen LogP contribution >= 0.6 is 11.6 Å². The molecule has 0 aliphatic carbocycles. The highest BCUT2D eigenvalue weighted by molar-refractivity contribution is 6.32. The number of carbonyl (C=O) groups excluding carboxylic acids is 3. The molecule has 0 aliphatic rings. The third kappa shape index (κ3) is 6.02. The molecular formula is C20H21ClN4O5. The van der Waals surface area contributed by atoms with Gasteiger partial charge in [0.15, 0.2) is 0 Å². The summed E-state index contributed by atoms with van der Waals surface area (Å²) in [5, 5.41) is 16.2. The maximum Gasteiger partial charge on any atom is 0.288 e. The number of nitrogens with one attached hydrogen (secondary N) is 2. The molecule has 1 atom stereocenters. The second kappa shape index (κ2) is 9.84. The molecule has 0 radical (unpaired) electrons. The van der Waals surface area contributed by atoms with Gasteiger partial charge in [0, 0.05) is 17.3 Å². The van der Waals surface area contributed by atoms with Crippen LogP contribution in [-0.4, -0.2) is 28.7 Å². The van der Waals surface area contributed by atoms with E-state index in [-0.39, 0.29) is 22.9 Å². The monoisotopic (exact) mass is 432 g/mol. The van der Waals surface area contributed by atoms with Gasteiger partial charge in [-0.25, -0.2) is 0 Å². The molecule has 3 amide bonds. The number of benzene rings is 2. The smallest absolute Gasteiger partial charge is 0.288 e. The Morgan fingerprint density at radius 1 is 1.13 bits per heavy atom. The van der Waals surface area contributed by atoms with E-state index in [4.69, 9.17) is 17.3 Å². The molecule has 0 fully saturated rings. The van der Waals surface area contributed by atoms with Crippen LogP contribution in [0.5, 0.6) is 0 Å². The van der Waals surface area contributed by atoms with Crippen molar-refractivity contribution < 1.29 is 19.3 Å². The molecule has 158 valence electrons. The van der Waals surface area contributed by atoms with Crippen LogP contribution in [0.3, 0.4) is 0 Å². The summed E-state index contributed by atoms with van der Waals surface area (Å²) in [5.74, 6) is -1.81. The second-order valence-corrected chi connectivity index (χ2v) is 7.35. The first-order valence-corrected chi connectivity index (χ1v) is 9.39. The Hall–Kier alpha value is -3.46. The summed E-state index contributed by atoms with van der Waals surface area (Å²) in [6.45, 7) is 3.51. The van der Waals surface area contributed by atoms with E-state index in [1.165, 1.54) is 12.1 Å². The summed E-state index contributed by atoms with van der Waals surface area (Å²) < 4.78 is 0. The minimum atomic E-state index is -0.891. The number of anilines is 1. The molecule has 10 heteroatoms. The highest BCUT2D eigenvalue weighted by Gasteiger charge is 2.26. The molecule has 4 N–H and O–H groups in total.